The molecule has 10 nitrogen and oxygen atoms in total. The molecule has 10 heteroatoms. The standard InChI is InChI=1S/C43H48N2O8/c1-46-36-18-28-11-30-20-42(52-7)32(22-40(30)50-5)13-33-23-41(51-6)31(21-43(33)53-8)12-29-19-37(47-2)27(17-39(29)49-4)10-25-15-34(44)24(14-35(25)45)9-26(36)16-38(28)48-3/h14-23H,9-13,44-45H2,1-8H3. The summed E-state index contributed by atoms with van der Waals surface area (Å²) in [6, 6.07) is 19.9. The number of rotatable bonds is 8. The summed E-state index contributed by atoms with van der Waals surface area (Å²) in [4.78, 5) is 0. The third-order valence-electron chi connectivity index (χ3n) is 10.0. The zero-order valence-electron chi connectivity index (χ0n) is 31.7. The van der Waals surface area contributed by atoms with Gasteiger partial charge >= 0.3 is 0 Å². The lowest BCUT2D eigenvalue weighted by molar-refractivity contribution is 0.389. The molecule has 4 N–H and O–H groups in total. The van der Waals surface area contributed by atoms with Crippen molar-refractivity contribution in [3.8, 4) is 46.0 Å². The first kappa shape index (κ1) is 36.9. The fourth-order valence-electron chi connectivity index (χ4n) is 7.26. The van der Waals surface area contributed by atoms with Crippen molar-refractivity contribution >= 4 is 11.4 Å². The molecule has 15 rings (SSSR count). The quantitative estimate of drug-likeness (QED) is 0.156. The number of ether oxygens (including phenoxy) is 8. The van der Waals surface area contributed by atoms with Gasteiger partial charge in [0.2, 0.25) is 0 Å². The number of hydrogen-bond donors (Lipinski definition) is 2. The molecule has 10 aliphatic rings. The van der Waals surface area contributed by atoms with Gasteiger partial charge < -0.3 is 49.4 Å². The average Bonchev–Trinajstić information content (AvgIpc) is 3.17. The molecule has 10 aliphatic carbocycles. The maximum atomic E-state index is 6.72. The second-order valence-electron chi connectivity index (χ2n) is 13.0. The minimum absolute atomic E-state index is 0.487. The highest BCUT2D eigenvalue weighted by Crippen LogP contribution is 2.41. The van der Waals surface area contributed by atoms with Crippen LogP contribution in [0.4, 0.5) is 11.4 Å². The van der Waals surface area contributed by atoms with Crippen LogP contribution in [-0.2, 0) is 32.1 Å². The molecule has 0 heterocycles. The molecule has 0 amide bonds. The van der Waals surface area contributed by atoms with Crippen molar-refractivity contribution in [3.05, 3.63) is 116 Å². The van der Waals surface area contributed by atoms with Crippen molar-refractivity contribution in [2.45, 2.75) is 32.1 Å². The number of methoxy groups -OCH3 is 8. The van der Waals surface area contributed by atoms with Crippen molar-refractivity contribution in [3.63, 3.8) is 0 Å². The summed E-state index contributed by atoms with van der Waals surface area (Å²) in [6.45, 7) is 0. The van der Waals surface area contributed by atoms with Gasteiger partial charge in [-0.15, -0.1) is 0 Å². The Morgan fingerprint density at radius 1 is 0.264 bits per heavy atom. The minimum atomic E-state index is 0.487. The van der Waals surface area contributed by atoms with Gasteiger partial charge in [-0.1, -0.05) is 0 Å². The molecule has 0 atom stereocenters. The summed E-state index contributed by atoms with van der Waals surface area (Å²) in [5.41, 5.74) is 23.8. The van der Waals surface area contributed by atoms with E-state index < -0.39 is 0 Å². The van der Waals surface area contributed by atoms with Gasteiger partial charge in [0.05, 0.1) is 56.9 Å². The van der Waals surface area contributed by atoms with E-state index >= 15 is 0 Å². The zero-order valence-corrected chi connectivity index (χ0v) is 31.7. The van der Waals surface area contributed by atoms with Crippen LogP contribution in [0.5, 0.6) is 46.0 Å². The van der Waals surface area contributed by atoms with Crippen LogP contribution in [0, 0.1) is 0 Å². The first-order valence-corrected chi connectivity index (χ1v) is 17.3. The van der Waals surface area contributed by atoms with Crippen molar-refractivity contribution in [2.75, 3.05) is 68.3 Å². The summed E-state index contributed by atoms with van der Waals surface area (Å²) in [5.74, 6) is 5.69. The summed E-state index contributed by atoms with van der Waals surface area (Å²) in [7, 11) is 13.3. The van der Waals surface area contributed by atoms with E-state index in [1.165, 1.54) is 0 Å². The van der Waals surface area contributed by atoms with E-state index in [4.69, 9.17) is 49.4 Å². The Bertz CT molecular complexity index is 1990. The van der Waals surface area contributed by atoms with E-state index in [0.717, 1.165) is 55.6 Å². The minimum Gasteiger partial charge on any atom is -0.496 e. The SMILES string of the molecule is COc1cc2c(OC)cc1Cc1cc(N)c(cc1N)Cc1cc(OC)c(cc1OC)Cc1cc(OC)c(cc1OC)Cc1cc(OC)c(cc1OC)C2. The van der Waals surface area contributed by atoms with Crippen LogP contribution in [0.1, 0.15) is 55.6 Å². The van der Waals surface area contributed by atoms with Gasteiger partial charge in [-0.05, 0) is 71.8 Å². The highest BCUT2D eigenvalue weighted by atomic mass is 16.5. The second-order valence-corrected chi connectivity index (χ2v) is 13.0. The Balaban J connectivity index is 1.58. The Morgan fingerprint density at radius 3 is 0.566 bits per heavy atom. The van der Waals surface area contributed by atoms with E-state index in [1.54, 1.807) is 56.9 Å². The first-order chi connectivity index (χ1) is 25.7. The van der Waals surface area contributed by atoms with Gasteiger partial charge in [-0.3, -0.25) is 0 Å². The van der Waals surface area contributed by atoms with Crippen LogP contribution in [0.2, 0.25) is 0 Å². The number of anilines is 2. The lowest BCUT2D eigenvalue weighted by atomic mass is 9.93. The van der Waals surface area contributed by atoms with Crippen LogP contribution >= 0.6 is 0 Å². The van der Waals surface area contributed by atoms with Crippen LogP contribution in [-0.4, -0.2) is 56.9 Å². The number of nitrogen functional groups attached to an aromatic ring is 2. The summed E-state index contributed by atoms with van der Waals surface area (Å²) >= 11 is 0. The van der Waals surface area contributed by atoms with E-state index in [1.807, 2.05) is 60.7 Å². The highest BCUT2D eigenvalue weighted by Gasteiger charge is 2.22. The fraction of sp³-hybridized carbons (Fsp3) is 0.302. The summed E-state index contributed by atoms with van der Waals surface area (Å²) in [6.07, 6.45) is 2.48. The summed E-state index contributed by atoms with van der Waals surface area (Å²) < 4.78 is 47.6. The molecule has 0 saturated heterocycles. The lowest BCUT2D eigenvalue weighted by Gasteiger charge is -2.20. The average molecular weight is 721 g/mol. The third kappa shape index (κ3) is 7.40. The summed E-state index contributed by atoms with van der Waals surface area (Å²) in [5, 5.41) is 0. The molecule has 0 unspecified atom stereocenters. The molecule has 5 aromatic rings. The van der Waals surface area contributed by atoms with Crippen LogP contribution in [0.3, 0.4) is 0 Å². The molecule has 278 valence electrons. The molecule has 5 aromatic carbocycles. The molecule has 53 heavy (non-hydrogen) atoms. The molecule has 0 fully saturated rings. The van der Waals surface area contributed by atoms with Gasteiger partial charge in [0, 0.05) is 88.0 Å². The lowest BCUT2D eigenvalue weighted by Crippen LogP contribution is -2.06. The van der Waals surface area contributed by atoms with Crippen molar-refractivity contribution < 1.29 is 37.9 Å². The largest absolute Gasteiger partial charge is 0.496 e. The van der Waals surface area contributed by atoms with Crippen LogP contribution < -0.4 is 49.4 Å². The first-order valence-electron chi connectivity index (χ1n) is 17.3. The molecule has 0 aromatic heterocycles. The van der Waals surface area contributed by atoms with Crippen molar-refractivity contribution in [2.24, 2.45) is 0 Å². The Morgan fingerprint density at radius 2 is 0.415 bits per heavy atom. The molecule has 0 spiro atoms. The van der Waals surface area contributed by atoms with Gasteiger partial charge in [-0.25, -0.2) is 0 Å². The van der Waals surface area contributed by atoms with Gasteiger partial charge in [-0.2, -0.15) is 0 Å². The van der Waals surface area contributed by atoms with Crippen LogP contribution in [0.15, 0.2) is 60.7 Å². The number of benzene rings is 5. The number of hydrogen-bond acceptors (Lipinski definition) is 10. The second kappa shape index (κ2) is 15.8. The molecular formula is C43H48N2O8. The van der Waals surface area contributed by atoms with E-state index in [2.05, 4.69) is 0 Å². The van der Waals surface area contributed by atoms with Crippen molar-refractivity contribution in [1.82, 2.24) is 0 Å². The monoisotopic (exact) mass is 720 g/mol. The molecule has 0 aliphatic heterocycles. The number of nitrogens with two attached hydrogens (primary N) is 2. The van der Waals surface area contributed by atoms with E-state index in [-0.39, 0.29) is 0 Å². The predicted octanol–water partition coefficient (Wildman–Crippen LogP) is 7.19. The predicted molar refractivity (Wildman–Crippen MR) is 207 cm³/mol. The maximum absolute atomic E-state index is 6.72. The van der Waals surface area contributed by atoms with Gasteiger partial charge in [0.1, 0.15) is 46.0 Å². The maximum Gasteiger partial charge on any atom is 0.122 e. The molecule has 0 saturated carbocycles. The van der Waals surface area contributed by atoms with E-state index in [9.17, 15) is 0 Å². The van der Waals surface area contributed by atoms with Gasteiger partial charge in [0.15, 0.2) is 0 Å². The molecular weight excluding hydrogens is 672 g/mol. The topological polar surface area (TPSA) is 126 Å². The Labute approximate surface area is 311 Å². The zero-order chi connectivity index (χ0) is 37.8. The molecule has 0 radical (unpaired) electrons. The van der Waals surface area contributed by atoms with E-state index in [0.29, 0.717) is 89.5 Å². The van der Waals surface area contributed by atoms with Crippen LogP contribution in [0.25, 0.3) is 0 Å². The normalized spacial score (nSPS) is 12.3. The highest BCUT2D eigenvalue weighted by molar-refractivity contribution is 5.65. The van der Waals surface area contributed by atoms with Gasteiger partial charge in [0.25, 0.3) is 0 Å². The third-order valence-corrected chi connectivity index (χ3v) is 10.0. The Kier molecular flexibility index (Phi) is 11.0. The molecule has 10 bridgehead atoms. The Hall–Kier alpha value is -5.90. The smallest absolute Gasteiger partial charge is 0.122 e. The van der Waals surface area contributed by atoms with Crippen molar-refractivity contribution in [1.29, 1.82) is 0 Å². The fourth-order valence-corrected chi connectivity index (χ4v) is 7.26.